The van der Waals surface area contributed by atoms with Crippen LogP contribution in [0.4, 0.5) is 0 Å². The molecular formula is C15H19BrN2O2. The van der Waals surface area contributed by atoms with Crippen molar-refractivity contribution in [2.45, 2.75) is 25.7 Å². The van der Waals surface area contributed by atoms with Crippen molar-refractivity contribution in [3.05, 3.63) is 34.3 Å². The van der Waals surface area contributed by atoms with Crippen LogP contribution in [0, 0.1) is 0 Å². The molecule has 5 heteroatoms. The summed E-state index contributed by atoms with van der Waals surface area (Å²) in [7, 11) is 0. The number of carbonyl (C=O) groups is 2. The maximum Gasteiger partial charge on any atom is 0.224 e. The first-order chi connectivity index (χ1) is 9.65. The predicted octanol–water partition coefficient (Wildman–Crippen LogP) is 2.12. The van der Waals surface area contributed by atoms with Gasteiger partial charge in [-0.15, -0.1) is 0 Å². The second kappa shape index (κ2) is 7.43. The summed E-state index contributed by atoms with van der Waals surface area (Å²) in [6, 6.07) is 7.74. The van der Waals surface area contributed by atoms with Crippen LogP contribution in [0.25, 0.3) is 0 Å². The second-order valence-corrected chi connectivity index (χ2v) is 5.91. The third-order valence-electron chi connectivity index (χ3n) is 3.38. The highest BCUT2D eigenvalue weighted by molar-refractivity contribution is 9.10. The van der Waals surface area contributed by atoms with Gasteiger partial charge in [-0.2, -0.15) is 0 Å². The SMILES string of the molecule is O=C(Cc1ccc(Br)cc1)NCCCN1CCCC1=O. The minimum atomic E-state index is 0.0278. The van der Waals surface area contributed by atoms with Crippen LogP contribution >= 0.6 is 15.9 Å². The van der Waals surface area contributed by atoms with Crippen LogP contribution in [0.5, 0.6) is 0 Å². The molecule has 1 fully saturated rings. The molecule has 1 aromatic rings. The summed E-state index contributed by atoms with van der Waals surface area (Å²) in [5, 5.41) is 2.90. The van der Waals surface area contributed by atoms with Crippen LogP contribution in [0.15, 0.2) is 28.7 Å². The molecule has 1 heterocycles. The molecule has 4 nitrogen and oxygen atoms in total. The monoisotopic (exact) mass is 338 g/mol. The largest absolute Gasteiger partial charge is 0.356 e. The van der Waals surface area contributed by atoms with Crippen LogP contribution in [-0.2, 0) is 16.0 Å². The fourth-order valence-electron chi connectivity index (χ4n) is 2.29. The lowest BCUT2D eigenvalue weighted by Crippen LogP contribution is -2.31. The third-order valence-corrected chi connectivity index (χ3v) is 3.90. The summed E-state index contributed by atoms with van der Waals surface area (Å²) in [5.74, 6) is 0.270. The summed E-state index contributed by atoms with van der Waals surface area (Å²) in [4.78, 5) is 25.0. The zero-order valence-corrected chi connectivity index (χ0v) is 13.0. The molecule has 0 unspecified atom stereocenters. The van der Waals surface area contributed by atoms with E-state index in [1.54, 1.807) is 0 Å². The third kappa shape index (κ3) is 4.63. The summed E-state index contributed by atoms with van der Waals surface area (Å²) in [6.07, 6.45) is 2.86. The van der Waals surface area contributed by atoms with E-state index in [9.17, 15) is 9.59 Å². The Bertz CT molecular complexity index is 473. The van der Waals surface area contributed by atoms with E-state index < -0.39 is 0 Å². The van der Waals surface area contributed by atoms with Gasteiger partial charge >= 0.3 is 0 Å². The average molecular weight is 339 g/mol. The number of halogens is 1. The highest BCUT2D eigenvalue weighted by atomic mass is 79.9. The molecule has 0 atom stereocenters. The molecule has 1 aliphatic rings. The summed E-state index contributed by atoms with van der Waals surface area (Å²) in [5.41, 5.74) is 1.00. The Kier molecular flexibility index (Phi) is 5.59. The molecule has 1 aliphatic heterocycles. The van der Waals surface area contributed by atoms with Crippen molar-refractivity contribution in [1.82, 2.24) is 10.2 Å². The average Bonchev–Trinajstić information content (AvgIpc) is 2.83. The van der Waals surface area contributed by atoms with Crippen molar-refractivity contribution < 1.29 is 9.59 Å². The van der Waals surface area contributed by atoms with Crippen molar-refractivity contribution in [1.29, 1.82) is 0 Å². The molecule has 2 rings (SSSR count). The highest BCUT2D eigenvalue weighted by Crippen LogP contribution is 2.11. The van der Waals surface area contributed by atoms with E-state index in [1.807, 2.05) is 29.2 Å². The van der Waals surface area contributed by atoms with Crippen LogP contribution < -0.4 is 5.32 Å². The minimum absolute atomic E-state index is 0.0278. The molecule has 1 N–H and O–H groups in total. The number of nitrogens with one attached hydrogen (secondary N) is 1. The van der Waals surface area contributed by atoms with Gasteiger partial charge in [0.05, 0.1) is 6.42 Å². The maximum absolute atomic E-state index is 11.8. The topological polar surface area (TPSA) is 49.4 Å². The molecule has 0 radical (unpaired) electrons. The zero-order valence-electron chi connectivity index (χ0n) is 11.4. The van der Waals surface area contributed by atoms with Crippen LogP contribution in [-0.4, -0.2) is 36.3 Å². The summed E-state index contributed by atoms with van der Waals surface area (Å²) >= 11 is 3.37. The second-order valence-electron chi connectivity index (χ2n) is 4.99. The van der Waals surface area contributed by atoms with Crippen molar-refractivity contribution in [2.24, 2.45) is 0 Å². The van der Waals surface area contributed by atoms with E-state index >= 15 is 0 Å². The van der Waals surface area contributed by atoms with E-state index in [2.05, 4.69) is 21.2 Å². The van der Waals surface area contributed by atoms with E-state index in [4.69, 9.17) is 0 Å². The van der Waals surface area contributed by atoms with Gasteiger partial charge < -0.3 is 10.2 Å². The maximum atomic E-state index is 11.8. The number of carbonyl (C=O) groups excluding carboxylic acids is 2. The molecule has 108 valence electrons. The van der Waals surface area contributed by atoms with Gasteiger partial charge in [0.2, 0.25) is 11.8 Å². The standard InChI is InChI=1S/C15H19BrN2O2/c16-13-6-4-12(5-7-13)11-14(19)17-8-2-10-18-9-1-3-15(18)20/h4-7H,1-3,8-11H2,(H,17,19). The van der Waals surface area contributed by atoms with Gasteiger partial charge in [0, 0.05) is 30.5 Å². The number of hydrogen-bond acceptors (Lipinski definition) is 2. The van der Waals surface area contributed by atoms with E-state index in [1.165, 1.54) is 0 Å². The quantitative estimate of drug-likeness (QED) is 0.807. The Labute approximate surface area is 127 Å². The smallest absolute Gasteiger partial charge is 0.224 e. The fraction of sp³-hybridized carbons (Fsp3) is 0.467. The lowest BCUT2D eigenvalue weighted by molar-refractivity contribution is -0.127. The van der Waals surface area contributed by atoms with Gasteiger partial charge in [-0.3, -0.25) is 9.59 Å². The number of rotatable bonds is 6. The fourth-order valence-corrected chi connectivity index (χ4v) is 2.55. The lowest BCUT2D eigenvalue weighted by atomic mass is 10.1. The number of benzene rings is 1. The van der Waals surface area contributed by atoms with Crippen LogP contribution in [0.2, 0.25) is 0 Å². The molecular weight excluding hydrogens is 320 g/mol. The molecule has 0 aromatic heterocycles. The summed E-state index contributed by atoms with van der Waals surface area (Å²) in [6.45, 7) is 2.24. The van der Waals surface area contributed by atoms with Crippen molar-refractivity contribution in [3.63, 3.8) is 0 Å². The predicted molar refractivity (Wildman–Crippen MR) is 81.3 cm³/mol. The zero-order chi connectivity index (χ0) is 14.4. The first-order valence-electron chi connectivity index (χ1n) is 6.94. The number of nitrogens with zero attached hydrogens (tertiary/aromatic N) is 1. The van der Waals surface area contributed by atoms with Crippen molar-refractivity contribution in [2.75, 3.05) is 19.6 Å². The Morgan fingerprint density at radius 1 is 1.30 bits per heavy atom. The van der Waals surface area contributed by atoms with Crippen LogP contribution in [0.1, 0.15) is 24.8 Å². The van der Waals surface area contributed by atoms with E-state index in [0.717, 1.165) is 36.0 Å². The Morgan fingerprint density at radius 3 is 2.70 bits per heavy atom. The Hall–Kier alpha value is -1.36. The number of amides is 2. The molecule has 0 spiro atoms. The van der Waals surface area contributed by atoms with Crippen LogP contribution in [0.3, 0.4) is 0 Å². The minimum Gasteiger partial charge on any atom is -0.356 e. The Balaban J connectivity index is 1.62. The van der Waals surface area contributed by atoms with Gasteiger partial charge in [-0.1, -0.05) is 28.1 Å². The molecule has 1 aromatic carbocycles. The molecule has 2 amide bonds. The lowest BCUT2D eigenvalue weighted by Gasteiger charge is -2.15. The van der Waals surface area contributed by atoms with Gasteiger partial charge in [0.25, 0.3) is 0 Å². The van der Waals surface area contributed by atoms with E-state index in [-0.39, 0.29) is 11.8 Å². The number of likely N-dealkylation sites (tertiary alicyclic amines) is 1. The molecule has 20 heavy (non-hydrogen) atoms. The van der Waals surface area contributed by atoms with Gasteiger partial charge in [0.15, 0.2) is 0 Å². The van der Waals surface area contributed by atoms with Crippen molar-refractivity contribution >= 4 is 27.7 Å². The van der Waals surface area contributed by atoms with Crippen molar-refractivity contribution in [3.8, 4) is 0 Å². The first kappa shape index (κ1) is 15.0. The normalized spacial score (nSPS) is 14.7. The Morgan fingerprint density at radius 2 is 2.05 bits per heavy atom. The summed E-state index contributed by atoms with van der Waals surface area (Å²) < 4.78 is 1.01. The van der Waals surface area contributed by atoms with Gasteiger partial charge in [-0.05, 0) is 30.5 Å². The van der Waals surface area contributed by atoms with Gasteiger partial charge in [0.1, 0.15) is 0 Å². The molecule has 0 aliphatic carbocycles. The molecule has 1 saturated heterocycles. The molecule has 0 saturated carbocycles. The highest BCUT2D eigenvalue weighted by Gasteiger charge is 2.18. The van der Waals surface area contributed by atoms with Gasteiger partial charge in [-0.25, -0.2) is 0 Å². The first-order valence-corrected chi connectivity index (χ1v) is 7.73. The van der Waals surface area contributed by atoms with E-state index in [0.29, 0.717) is 19.4 Å². The molecule has 0 bridgehead atoms. The number of hydrogen-bond donors (Lipinski definition) is 1.